The van der Waals surface area contributed by atoms with Gasteiger partial charge >= 0.3 is 0 Å². The van der Waals surface area contributed by atoms with Gasteiger partial charge in [-0.25, -0.2) is 4.39 Å². The number of nitrogens with one attached hydrogen (secondary N) is 1. The minimum atomic E-state index is -0.253. The third-order valence-electron chi connectivity index (χ3n) is 3.82. The molecular weight excluding hydrogens is 309 g/mol. The third-order valence-corrected chi connectivity index (χ3v) is 3.82. The average Bonchev–Trinajstić information content (AvgIpc) is 2.57. The van der Waals surface area contributed by atoms with Crippen molar-refractivity contribution in [2.24, 2.45) is 0 Å². The first-order valence-corrected chi connectivity index (χ1v) is 7.76. The topological polar surface area (TPSA) is 47.6 Å². The highest BCUT2D eigenvalue weighted by molar-refractivity contribution is 5.79. The van der Waals surface area contributed by atoms with E-state index in [1.165, 1.54) is 6.07 Å². The Hall–Kier alpha value is -2.56. The van der Waals surface area contributed by atoms with Crippen LogP contribution in [-0.4, -0.2) is 26.7 Å². The molecule has 2 aromatic rings. The minimum absolute atomic E-state index is 0.143. The summed E-state index contributed by atoms with van der Waals surface area (Å²) in [6.45, 7) is 2.30. The van der Waals surface area contributed by atoms with Gasteiger partial charge in [0.1, 0.15) is 17.3 Å². The van der Waals surface area contributed by atoms with Crippen LogP contribution in [0.2, 0.25) is 0 Å². The van der Waals surface area contributed by atoms with E-state index in [9.17, 15) is 9.18 Å². The number of aryl methyl sites for hydroxylation is 1. The average molecular weight is 331 g/mol. The molecule has 0 aliphatic carbocycles. The van der Waals surface area contributed by atoms with E-state index in [-0.39, 0.29) is 18.1 Å². The molecule has 0 saturated carbocycles. The van der Waals surface area contributed by atoms with Crippen LogP contribution < -0.4 is 14.8 Å². The zero-order valence-corrected chi connectivity index (χ0v) is 14.2. The fraction of sp³-hybridized carbons (Fsp3) is 0.316. The van der Waals surface area contributed by atoms with Crippen molar-refractivity contribution in [3.8, 4) is 11.5 Å². The van der Waals surface area contributed by atoms with Gasteiger partial charge in [0.05, 0.1) is 20.6 Å². The van der Waals surface area contributed by atoms with Crippen molar-refractivity contribution in [1.29, 1.82) is 0 Å². The molecule has 0 unspecified atom stereocenters. The first-order chi connectivity index (χ1) is 11.5. The van der Waals surface area contributed by atoms with Gasteiger partial charge in [0.25, 0.3) is 0 Å². The van der Waals surface area contributed by atoms with Crippen LogP contribution in [0.5, 0.6) is 11.5 Å². The Morgan fingerprint density at radius 2 is 1.79 bits per heavy atom. The van der Waals surface area contributed by atoms with Crippen LogP contribution in [0.15, 0.2) is 36.4 Å². The first kappa shape index (κ1) is 17.8. The van der Waals surface area contributed by atoms with Crippen molar-refractivity contribution >= 4 is 5.91 Å². The molecule has 0 spiro atoms. The molecule has 4 nitrogen and oxygen atoms in total. The van der Waals surface area contributed by atoms with Crippen LogP contribution in [0.3, 0.4) is 0 Å². The smallest absolute Gasteiger partial charge is 0.224 e. The molecule has 0 bridgehead atoms. The molecule has 2 aromatic carbocycles. The Balaban J connectivity index is 1.96. The van der Waals surface area contributed by atoms with Crippen molar-refractivity contribution in [3.63, 3.8) is 0 Å². The van der Waals surface area contributed by atoms with Gasteiger partial charge in [0, 0.05) is 12.1 Å². The number of amides is 1. The second kappa shape index (κ2) is 8.34. The summed E-state index contributed by atoms with van der Waals surface area (Å²) in [7, 11) is 3.16. The van der Waals surface area contributed by atoms with Crippen molar-refractivity contribution in [3.05, 3.63) is 58.9 Å². The number of hydrogen-bond acceptors (Lipinski definition) is 3. The summed E-state index contributed by atoms with van der Waals surface area (Å²) in [6.07, 6.45) is 0.629. The maximum absolute atomic E-state index is 13.5. The Kier molecular flexibility index (Phi) is 6.18. The Morgan fingerprint density at radius 3 is 2.46 bits per heavy atom. The summed E-state index contributed by atoms with van der Waals surface area (Å²) in [5, 5.41) is 2.81. The SMILES string of the molecule is COc1cc(CC(=O)NCCc2ccccc2F)c(OC)cc1C. The predicted octanol–water partition coefficient (Wildman–Crippen LogP) is 3.05. The molecule has 0 aromatic heterocycles. The molecule has 24 heavy (non-hydrogen) atoms. The maximum Gasteiger partial charge on any atom is 0.224 e. The molecule has 0 radical (unpaired) electrons. The van der Waals surface area contributed by atoms with E-state index in [4.69, 9.17) is 9.47 Å². The standard InChI is InChI=1S/C19H22FNO3/c1-13-10-18(24-3)15(11-17(13)23-2)12-19(22)21-9-8-14-6-4-5-7-16(14)20/h4-7,10-11H,8-9,12H2,1-3H3,(H,21,22). The van der Waals surface area contributed by atoms with Crippen molar-refractivity contribution in [2.45, 2.75) is 19.8 Å². The number of rotatable bonds is 7. The molecule has 0 saturated heterocycles. The maximum atomic E-state index is 13.5. The van der Waals surface area contributed by atoms with Gasteiger partial charge in [0.2, 0.25) is 5.91 Å². The predicted molar refractivity (Wildman–Crippen MR) is 91.1 cm³/mol. The van der Waals surface area contributed by atoms with E-state index in [2.05, 4.69) is 5.32 Å². The molecule has 1 amide bonds. The van der Waals surface area contributed by atoms with Gasteiger partial charge in [-0.15, -0.1) is 0 Å². The second-order valence-corrected chi connectivity index (χ2v) is 5.50. The van der Waals surface area contributed by atoms with Gasteiger partial charge in [-0.2, -0.15) is 0 Å². The van der Waals surface area contributed by atoms with Crippen molar-refractivity contribution < 1.29 is 18.7 Å². The largest absolute Gasteiger partial charge is 0.496 e. The van der Waals surface area contributed by atoms with E-state index in [1.807, 2.05) is 19.1 Å². The molecule has 0 aliphatic rings. The molecule has 5 heteroatoms. The first-order valence-electron chi connectivity index (χ1n) is 7.76. The molecule has 0 atom stereocenters. The van der Waals surface area contributed by atoms with Crippen molar-refractivity contribution in [1.82, 2.24) is 5.32 Å². The van der Waals surface area contributed by atoms with Gasteiger partial charge in [-0.05, 0) is 42.7 Å². The monoisotopic (exact) mass is 331 g/mol. The minimum Gasteiger partial charge on any atom is -0.496 e. The van der Waals surface area contributed by atoms with Gasteiger partial charge in [0.15, 0.2) is 0 Å². The van der Waals surface area contributed by atoms with Crippen LogP contribution in [0.1, 0.15) is 16.7 Å². The summed E-state index contributed by atoms with van der Waals surface area (Å²) in [5.74, 6) is 0.967. The van der Waals surface area contributed by atoms with Gasteiger partial charge in [-0.3, -0.25) is 4.79 Å². The fourth-order valence-corrected chi connectivity index (χ4v) is 2.52. The van der Waals surface area contributed by atoms with E-state index in [1.54, 1.807) is 32.4 Å². The Bertz CT molecular complexity index is 716. The number of hydrogen-bond donors (Lipinski definition) is 1. The molecule has 2 rings (SSSR count). The van der Waals surface area contributed by atoms with Crippen LogP contribution in [0.4, 0.5) is 4.39 Å². The van der Waals surface area contributed by atoms with Crippen LogP contribution in [0.25, 0.3) is 0 Å². The summed E-state index contributed by atoms with van der Waals surface area (Å²) in [6, 6.07) is 10.2. The lowest BCUT2D eigenvalue weighted by Gasteiger charge is -2.13. The van der Waals surface area contributed by atoms with Gasteiger partial charge in [-0.1, -0.05) is 18.2 Å². The summed E-state index contributed by atoms with van der Waals surface area (Å²) < 4.78 is 24.2. The number of ether oxygens (including phenoxy) is 2. The van der Waals surface area contributed by atoms with Crippen LogP contribution >= 0.6 is 0 Å². The van der Waals surface area contributed by atoms with E-state index < -0.39 is 0 Å². The molecular formula is C19H22FNO3. The summed E-state index contributed by atoms with van der Waals surface area (Å²) >= 11 is 0. The number of methoxy groups -OCH3 is 2. The summed E-state index contributed by atoms with van der Waals surface area (Å²) in [4.78, 5) is 12.1. The lowest BCUT2D eigenvalue weighted by atomic mass is 10.1. The van der Waals surface area contributed by atoms with Crippen LogP contribution in [-0.2, 0) is 17.6 Å². The molecule has 0 heterocycles. The number of halogens is 1. The Labute approximate surface area is 141 Å². The lowest BCUT2D eigenvalue weighted by Crippen LogP contribution is -2.27. The second-order valence-electron chi connectivity index (χ2n) is 5.50. The zero-order chi connectivity index (χ0) is 17.5. The van der Waals surface area contributed by atoms with E-state index in [0.717, 1.165) is 11.1 Å². The van der Waals surface area contributed by atoms with E-state index >= 15 is 0 Å². The lowest BCUT2D eigenvalue weighted by molar-refractivity contribution is -0.120. The molecule has 0 aliphatic heterocycles. The van der Waals surface area contributed by atoms with Crippen molar-refractivity contribution in [2.75, 3.05) is 20.8 Å². The number of benzene rings is 2. The molecule has 128 valence electrons. The normalized spacial score (nSPS) is 10.3. The van der Waals surface area contributed by atoms with Crippen LogP contribution in [0, 0.1) is 12.7 Å². The number of carbonyl (C=O) groups is 1. The third kappa shape index (κ3) is 4.47. The fourth-order valence-electron chi connectivity index (χ4n) is 2.52. The molecule has 1 N–H and O–H groups in total. The van der Waals surface area contributed by atoms with E-state index in [0.29, 0.717) is 30.0 Å². The molecule has 0 fully saturated rings. The highest BCUT2D eigenvalue weighted by Crippen LogP contribution is 2.28. The quantitative estimate of drug-likeness (QED) is 0.848. The highest BCUT2D eigenvalue weighted by atomic mass is 19.1. The summed E-state index contributed by atoms with van der Waals surface area (Å²) in [5.41, 5.74) is 2.29. The highest BCUT2D eigenvalue weighted by Gasteiger charge is 2.12. The Morgan fingerprint density at radius 1 is 1.08 bits per heavy atom. The van der Waals surface area contributed by atoms with Gasteiger partial charge < -0.3 is 14.8 Å². The number of carbonyl (C=O) groups excluding carboxylic acids is 1. The zero-order valence-electron chi connectivity index (χ0n) is 14.2.